The number of nitrogens with two attached hydrogens (primary N) is 1. The van der Waals surface area contributed by atoms with Crippen molar-refractivity contribution in [2.75, 3.05) is 0 Å². The summed E-state index contributed by atoms with van der Waals surface area (Å²) in [4.78, 5) is -0.242. The Morgan fingerprint density at radius 2 is 1.70 bits per heavy atom. The molecule has 122 valence electrons. The van der Waals surface area contributed by atoms with Crippen molar-refractivity contribution in [2.24, 2.45) is 5.14 Å². The minimum Gasteiger partial charge on any atom is -0.225 e. The quantitative estimate of drug-likeness (QED) is 0.825. The number of primary sulfonamides is 1. The van der Waals surface area contributed by atoms with Gasteiger partial charge in [0.1, 0.15) is 0 Å². The van der Waals surface area contributed by atoms with Crippen molar-refractivity contribution in [3.63, 3.8) is 0 Å². The first-order valence-corrected chi connectivity index (χ1v) is 8.60. The Morgan fingerprint density at radius 3 is 2.26 bits per heavy atom. The highest BCUT2D eigenvalue weighted by molar-refractivity contribution is 9.10. The maximum absolute atomic E-state index is 12.5. The van der Waals surface area contributed by atoms with Gasteiger partial charge in [-0.2, -0.15) is 13.2 Å². The maximum Gasteiger partial charge on any atom is 0.409 e. The molecule has 2 N–H and O–H groups in total. The molecule has 2 aromatic carbocycles. The van der Waals surface area contributed by atoms with E-state index in [4.69, 9.17) is 5.14 Å². The number of alkyl halides is 3. The molecule has 0 amide bonds. The molecule has 23 heavy (non-hydrogen) atoms. The summed E-state index contributed by atoms with van der Waals surface area (Å²) in [5.74, 6) is 0. The summed E-state index contributed by atoms with van der Waals surface area (Å²) in [7, 11) is -4.11. The van der Waals surface area contributed by atoms with Crippen molar-refractivity contribution >= 4 is 32.0 Å². The summed E-state index contributed by atoms with van der Waals surface area (Å²) >= 11 is 3.28. The molecule has 2 rings (SSSR count). The molecule has 0 radical (unpaired) electrons. The molecule has 0 aliphatic rings. The number of sulfonamides is 1. The Balaban J connectivity index is 2.80. The Labute approximate surface area is 139 Å². The molecule has 0 saturated carbocycles. The van der Waals surface area contributed by atoms with Gasteiger partial charge in [0.05, 0.1) is 4.90 Å². The normalized spacial score (nSPS) is 12.7. The van der Waals surface area contributed by atoms with Crippen LogP contribution >= 0.6 is 15.9 Å². The van der Waals surface area contributed by atoms with Gasteiger partial charge in [0.15, 0.2) is 0 Å². The number of hydrogen-bond acceptors (Lipinski definition) is 2. The molecule has 0 bridgehead atoms. The van der Waals surface area contributed by atoms with E-state index in [-0.39, 0.29) is 22.1 Å². The maximum atomic E-state index is 12.5. The number of allylic oxidation sites excluding steroid dienone is 1. The van der Waals surface area contributed by atoms with Gasteiger partial charge >= 0.3 is 6.18 Å². The molecule has 0 unspecified atom stereocenters. The van der Waals surface area contributed by atoms with E-state index in [1.807, 2.05) is 0 Å². The average Bonchev–Trinajstić information content (AvgIpc) is 2.43. The van der Waals surface area contributed by atoms with Crippen LogP contribution in [0.2, 0.25) is 0 Å². The van der Waals surface area contributed by atoms with Crippen LogP contribution < -0.4 is 5.14 Å². The van der Waals surface area contributed by atoms with E-state index in [0.29, 0.717) is 10.0 Å². The predicted octanol–water partition coefficient (Wildman–Crippen LogP) is 4.34. The lowest BCUT2D eigenvalue weighted by Crippen LogP contribution is -2.14. The average molecular weight is 406 g/mol. The van der Waals surface area contributed by atoms with Crippen LogP contribution in [-0.2, 0) is 10.0 Å². The van der Waals surface area contributed by atoms with Crippen molar-refractivity contribution in [2.45, 2.75) is 11.1 Å². The fraction of sp³-hybridized carbons (Fsp3) is 0.0667. The van der Waals surface area contributed by atoms with Gasteiger partial charge in [-0.25, -0.2) is 13.6 Å². The Hall–Kier alpha value is -1.64. The first-order chi connectivity index (χ1) is 10.6. The standard InChI is InChI=1S/C15H11BrF3NO2S/c16-12-6-2-1-5-11(12)14-10(8-9-15(17,18)19)4-3-7-13(14)23(20,21)22/h1-9H,(H2,20,21,22). The van der Waals surface area contributed by atoms with Crippen LogP contribution in [0.15, 0.2) is 57.9 Å². The topological polar surface area (TPSA) is 60.2 Å². The molecule has 3 nitrogen and oxygen atoms in total. The highest BCUT2D eigenvalue weighted by Gasteiger charge is 2.24. The third-order valence-electron chi connectivity index (χ3n) is 2.96. The molecular formula is C15H11BrF3NO2S. The minimum atomic E-state index is -4.51. The van der Waals surface area contributed by atoms with Crippen LogP contribution in [-0.4, -0.2) is 14.6 Å². The van der Waals surface area contributed by atoms with Crippen LogP contribution in [0, 0.1) is 0 Å². The SMILES string of the molecule is NS(=O)(=O)c1cccc(C=CC(F)(F)F)c1-c1ccccc1Br. The lowest BCUT2D eigenvalue weighted by molar-refractivity contribution is -0.0790. The highest BCUT2D eigenvalue weighted by atomic mass is 79.9. The van der Waals surface area contributed by atoms with Crippen LogP contribution in [0.5, 0.6) is 0 Å². The minimum absolute atomic E-state index is 0.0512. The summed E-state index contributed by atoms with van der Waals surface area (Å²) in [6.07, 6.45) is -3.64. The first kappa shape index (κ1) is 17.7. The number of hydrogen-bond donors (Lipinski definition) is 1. The fourth-order valence-electron chi connectivity index (χ4n) is 2.06. The van der Waals surface area contributed by atoms with E-state index < -0.39 is 16.2 Å². The van der Waals surface area contributed by atoms with E-state index in [2.05, 4.69) is 15.9 Å². The van der Waals surface area contributed by atoms with Crippen LogP contribution in [0.3, 0.4) is 0 Å². The van der Waals surface area contributed by atoms with E-state index >= 15 is 0 Å². The van der Waals surface area contributed by atoms with Crippen molar-refractivity contribution in [1.82, 2.24) is 0 Å². The predicted molar refractivity (Wildman–Crippen MR) is 86.0 cm³/mol. The Morgan fingerprint density at radius 1 is 1.04 bits per heavy atom. The van der Waals surface area contributed by atoms with Gasteiger partial charge in [0, 0.05) is 16.1 Å². The second-order valence-electron chi connectivity index (χ2n) is 4.62. The van der Waals surface area contributed by atoms with Crippen LogP contribution in [0.1, 0.15) is 5.56 Å². The van der Waals surface area contributed by atoms with Gasteiger partial charge in [0.2, 0.25) is 10.0 Å². The molecule has 8 heteroatoms. The molecule has 0 aliphatic carbocycles. The zero-order chi connectivity index (χ0) is 17.3. The molecule has 0 aliphatic heterocycles. The summed E-state index contributed by atoms with van der Waals surface area (Å²) in [6.45, 7) is 0. The fourth-order valence-corrected chi connectivity index (χ4v) is 3.32. The zero-order valence-electron chi connectivity index (χ0n) is 11.5. The largest absolute Gasteiger partial charge is 0.409 e. The van der Waals surface area contributed by atoms with Gasteiger partial charge in [-0.3, -0.25) is 0 Å². The van der Waals surface area contributed by atoms with Crippen molar-refractivity contribution in [1.29, 1.82) is 0 Å². The monoisotopic (exact) mass is 405 g/mol. The summed E-state index contributed by atoms with van der Waals surface area (Å²) in [5, 5.41) is 5.21. The van der Waals surface area contributed by atoms with Gasteiger partial charge in [-0.1, -0.05) is 46.3 Å². The van der Waals surface area contributed by atoms with E-state index in [1.165, 1.54) is 18.2 Å². The van der Waals surface area contributed by atoms with Gasteiger partial charge in [-0.15, -0.1) is 0 Å². The second kappa shape index (κ2) is 6.46. The summed E-state index contributed by atoms with van der Waals surface area (Å²) in [6, 6.07) is 10.6. The van der Waals surface area contributed by atoms with E-state index in [9.17, 15) is 21.6 Å². The first-order valence-electron chi connectivity index (χ1n) is 6.26. The molecule has 2 aromatic rings. The number of halogens is 4. The molecule has 0 fully saturated rings. The van der Waals surface area contributed by atoms with Gasteiger partial charge in [-0.05, 0) is 29.3 Å². The number of benzene rings is 2. The molecule has 0 spiro atoms. The summed E-state index contributed by atoms with van der Waals surface area (Å²) < 4.78 is 61.5. The zero-order valence-corrected chi connectivity index (χ0v) is 13.9. The van der Waals surface area contributed by atoms with Crippen molar-refractivity contribution in [3.05, 3.63) is 58.6 Å². The van der Waals surface area contributed by atoms with E-state index in [0.717, 1.165) is 6.08 Å². The molecule has 0 heterocycles. The lowest BCUT2D eigenvalue weighted by Gasteiger charge is -2.13. The Kier molecular flexibility index (Phi) is 4.98. The third-order valence-corrected chi connectivity index (χ3v) is 4.60. The second-order valence-corrected chi connectivity index (χ2v) is 7.00. The molecule has 0 saturated heterocycles. The number of rotatable bonds is 3. The third kappa shape index (κ3) is 4.43. The Bertz CT molecular complexity index is 861. The van der Waals surface area contributed by atoms with Crippen molar-refractivity contribution in [3.8, 4) is 11.1 Å². The molecule has 0 aromatic heterocycles. The molecular weight excluding hydrogens is 395 g/mol. The summed E-state index contributed by atoms with van der Waals surface area (Å²) in [5.41, 5.74) is 0.641. The molecule has 0 atom stereocenters. The highest BCUT2D eigenvalue weighted by Crippen LogP contribution is 2.36. The van der Waals surface area contributed by atoms with Crippen LogP contribution in [0.4, 0.5) is 13.2 Å². The van der Waals surface area contributed by atoms with Gasteiger partial charge in [0.25, 0.3) is 0 Å². The van der Waals surface area contributed by atoms with Crippen LogP contribution in [0.25, 0.3) is 17.2 Å². The van der Waals surface area contributed by atoms with Gasteiger partial charge < -0.3 is 0 Å². The van der Waals surface area contributed by atoms with Crippen molar-refractivity contribution < 1.29 is 21.6 Å². The lowest BCUT2D eigenvalue weighted by atomic mass is 9.99. The smallest absolute Gasteiger partial charge is 0.225 e. The van der Waals surface area contributed by atoms with E-state index in [1.54, 1.807) is 24.3 Å².